The normalized spacial score (nSPS) is 28.4. The van der Waals surface area contributed by atoms with Crippen LogP contribution in [-0.4, -0.2) is 38.9 Å². The Morgan fingerprint density at radius 2 is 0.963 bits per heavy atom. The van der Waals surface area contributed by atoms with Crippen molar-refractivity contribution in [1.29, 1.82) is 0 Å². The summed E-state index contributed by atoms with van der Waals surface area (Å²) in [6.45, 7) is 2.28. The van der Waals surface area contributed by atoms with Gasteiger partial charge in [0.2, 0.25) is 0 Å². The molecule has 0 aromatic heterocycles. The Kier molecular flexibility index (Phi) is 6.12. The molecule has 2 heterocycles. The van der Waals surface area contributed by atoms with Gasteiger partial charge in [0.1, 0.15) is 0 Å². The second-order valence-electron chi connectivity index (χ2n) is 6.95. The van der Waals surface area contributed by atoms with Gasteiger partial charge < -0.3 is 18.9 Å². The lowest BCUT2D eigenvalue weighted by Gasteiger charge is -2.43. The first-order valence-electron chi connectivity index (χ1n) is 8.96. The monoisotopic (exact) mass is 404 g/mol. The zero-order chi connectivity index (χ0) is 18.7. The largest absolute Gasteiger partial charge is 0.348 e. The molecule has 0 saturated carbocycles. The maximum atomic E-state index is 6.01. The SMILES string of the molecule is CSc1ccc(C2OCC3(CO2)COC(c2ccc(SC)cc2)OC3)cc1. The van der Waals surface area contributed by atoms with Crippen LogP contribution in [0, 0.1) is 5.41 Å². The van der Waals surface area contributed by atoms with Crippen molar-refractivity contribution in [3.05, 3.63) is 59.7 Å². The second-order valence-corrected chi connectivity index (χ2v) is 8.71. The molecule has 2 aliphatic rings. The third kappa shape index (κ3) is 4.36. The van der Waals surface area contributed by atoms with Gasteiger partial charge >= 0.3 is 0 Å². The Labute approximate surface area is 168 Å². The molecule has 0 amide bonds. The van der Waals surface area contributed by atoms with Gasteiger partial charge in [-0.15, -0.1) is 23.5 Å². The summed E-state index contributed by atoms with van der Waals surface area (Å²) in [5, 5.41) is 0. The lowest BCUT2D eigenvalue weighted by molar-refractivity contribution is -0.307. The Morgan fingerprint density at radius 1 is 0.630 bits per heavy atom. The summed E-state index contributed by atoms with van der Waals surface area (Å²) in [6, 6.07) is 16.6. The molecule has 4 rings (SSSR count). The fraction of sp³-hybridized carbons (Fsp3) is 0.429. The third-order valence-corrected chi connectivity index (χ3v) is 6.43. The average molecular weight is 405 g/mol. The smallest absolute Gasteiger partial charge is 0.183 e. The van der Waals surface area contributed by atoms with Gasteiger partial charge in [0.25, 0.3) is 0 Å². The molecular weight excluding hydrogens is 380 g/mol. The first kappa shape index (κ1) is 19.3. The Balaban J connectivity index is 1.32. The van der Waals surface area contributed by atoms with Crippen LogP contribution in [0.25, 0.3) is 0 Å². The zero-order valence-electron chi connectivity index (χ0n) is 15.6. The van der Waals surface area contributed by atoms with Crippen molar-refractivity contribution in [3.63, 3.8) is 0 Å². The van der Waals surface area contributed by atoms with Crippen LogP contribution < -0.4 is 0 Å². The molecule has 27 heavy (non-hydrogen) atoms. The Bertz CT molecular complexity index is 663. The fourth-order valence-electron chi connectivity index (χ4n) is 3.26. The first-order valence-corrected chi connectivity index (χ1v) is 11.4. The number of benzene rings is 2. The van der Waals surface area contributed by atoms with Crippen molar-refractivity contribution in [1.82, 2.24) is 0 Å². The van der Waals surface area contributed by atoms with Gasteiger partial charge in [-0.2, -0.15) is 0 Å². The van der Waals surface area contributed by atoms with Crippen LogP contribution in [0.5, 0.6) is 0 Å². The maximum absolute atomic E-state index is 6.01. The topological polar surface area (TPSA) is 36.9 Å². The van der Waals surface area contributed by atoms with Crippen LogP contribution in [0.2, 0.25) is 0 Å². The van der Waals surface area contributed by atoms with E-state index in [9.17, 15) is 0 Å². The van der Waals surface area contributed by atoms with Crippen molar-refractivity contribution < 1.29 is 18.9 Å². The number of hydrogen-bond donors (Lipinski definition) is 0. The molecule has 2 saturated heterocycles. The van der Waals surface area contributed by atoms with Gasteiger partial charge in [-0.3, -0.25) is 0 Å². The molecule has 1 spiro atoms. The predicted molar refractivity (Wildman–Crippen MR) is 108 cm³/mol. The molecule has 6 heteroatoms. The highest BCUT2D eigenvalue weighted by Crippen LogP contribution is 2.38. The van der Waals surface area contributed by atoms with Gasteiger partial charge in [-0.05, 0) is 36.8 Å². The van der Waals surface area contributed by atoms with Crippen molar-refractivity contribution in [2.45, 2.75) is 22.4 Å². The van der Waals surface area contributed by atoms with Gasteiger partial charge in [-0.25, -0.2) is 0 Å². The van der Waals surface area contributed by atoms with E-state index in [0.717, 1.165) is 11.1 Å². The standard InChI is InChI=1S/C21H24O4S2/c1-26-17-7-3-15(4-8-17)19-22-11-21(12-23-19)13-24-20(25-14-21)16-5-9-18(27-2)10-6-16/h3-10,19-20H,11-14H2,1-2H3. The minimum absolute atomic E-state index is 0.231. The molecular formula is C21H24O4S2. The molecule has 0 bridgehead atoms. The summed E-state index contributed by atoms with van der Waals surface area (Å²) >= 11 is 3.45. The minimum Gasteiger partial charge on any atom is -0.348 e. The van der Waals surface area contributed by atoms with E-state index in [2.05, 4.69) is 61.0 Å². The average Bonchev–Trinajstić information content (AvgIpc) is 2.75. The van der Waals surface area contributed by atoms with Crippen LogP contribution >= 0.6 is 23.5 Å². The predicted octanol–water partition coefficient (Wildman–Crippen LogP) is 4.91. The van der Waals surface area contributed by atoms with E-state index in [1.165, 1.54) is 9.79 Å². The summed E-state index contributed by atoms with van der Waals surface area (Å²) in [5.74, 6) is 0. The Hall–Kier alpha value is -1.02. The molecule has 2 aromatic carbocycles. The molecule has 4 nitrogen and oxygen atoms in total. The zero-order valence-corrected chi connectivity index (χ0v) is 17.2. The summed E-state index contributed by atoms with van der Waals surface area (Å²) in [6.07, 6.45) is 3.51. The summed E-state index contributed by atoms with van der Waals surface area (Å²) < 4.78 is 24.0. The number of ether oxygens (including phenoxy) is 4. The van der Waals surface area contributed by atoms with E-state index in [0.29, 0.717) is 26.4 Å². The molecule has 144 valence electrons. The van der Waals surface area contributed by atoms with Gasteiger partial charge in [0, 0.05) is 20.9 Å². The van der Waals surface area contributed by atoms with E-state index in [1.54, 1.807) is 23.5 Å². The molecule has 2 aliphatic heterocycles. The van der Waals surface area contributed by atoms with Gasteiger partial charge in [-0.1, -0.05) is 24.3 Å². The summed E-state index contributed by atoms with van der Waals surface area (Å²) in [7, 11) is 0. The molecule has 0 aliphatic carbocycles. The molecule has 2 fully saturated rings. The lowest BCUT2D eigenvalue weighted by Crippen LogP contribution is -2.49. The molecule has 0 atom stereocenters. The molecule has 0 N–H and O–H groups in total. The van der Waals surface area contributed by atoms with Gasteiger partial charge in [0.15, 0.2) is 12.6 Å². The van der Waals surface area contributed by atoms with Crippen LogP contribution in [0.4, 0.5) is 0 Å². The van der Waals surface area contributed by atoms with E-state index >= 15 is 0 Å². The van der Waals surface area contributed by atoms with Crippen molar-refractivity contribution in [3.8, 4) is 0 Å². The highest BCUT2D eigenvalue weighted by Gasteiger charge is 2.42. The van der Waals surface area contributed by atoms with Crippen LogP contribution in [-0.2, 0) is 18.9 Å². The van der Waals surface area contributed by atoms with E-state index in [-0.39, 0.29) is 18.0 Å². The number of rotatable bonds is 4. The van der Waals surface area contributed by atoms with Crippen molar-refractivity contribution in [2.75, 3.05) is 38.9 Å². The first-order chi connectivity index (χ1) is 13.2. The minimum atomic E-state index is -0.316. The number of thioether (sulfide) groups is 2. The van der Waals surface area contributed by atoms with Crippen LogP contribution in [0.15, 0.2) is 58.3 Å². The van der Waals surface area contributed by atoms with Crippen LogP contribution in [0.3, 0.4) is 0 Å². The van der Waals surface area contributed by atoms with Gasteiger partial charge in [0.05, 0.1) is 31.8 Å². The van der Waals surface area contributed by atoms with Crippen molar-refractivity contribution in [2.24, 2.45) is 5.41 Å². The molecule has 0 radical (unpaired) electrons. The number of hydrogen-bond acceptors (Lipinski definition) is 6. The highest BCUT2D eigenvalue weighted by atomic mass is 32.2. The van der Waals surface area contributed by atoms with E-state index in [4.69, 9.17) is 18.9 Å². The third-order valence-electron chi connectivity index (χ3n) is 4.94. The van der Waals surface area contributed by atoms with Crippen LogP contribution in [0.1, 0.15) is 23.7 Å². The molecule has 0 unspecified atom stereocenters. The van der Waals surface area contributed by atoms with E-state index in [1.807, 2.05) is 0 Å². The molecule has 2 aromatic rings. The second kappa shape index (κ2) is 8.55. The quantitative estimate of drug-likeness (QED) is 0.674. The fourth-order valence-corrected chi connectivity index (χ4v) is 4.08. The highest BCUT2D eigenvalue weighted by molar-refractivity contribution is 7.98. The summed E-state index contributed by atoms with van der Waals surface area (Å²) in [4.78, 5) is 2.47. The lowest BCUT2D eigenvalue weighted by atomic mass is 9.90. The Morgan fingerprint density at radius 3 is 1.26 bits per heavy atom. The summed E-state index contributed by atoms with van der Waals surface area (Å²) in [5.41, 5.74) is 1.87. The van der Waals surface area contributed by atoms with E-state index < -0.39 is 0 Å². The van der Waals surface area contributed by atoms with Crippen molar-refractivity contribution >= 4 is 23.5 Å². The maximum Gasteiger partial charge on any atom is 0.183 e.